The van der Waals surface area contributed by atoms with Crippen molar-refractivity contribution in [2.24, 2.45) is 4.90 Å². The van der Waals surface area contributed by atoms with Gasteiger partial charge in [0.15, 0.2) is 0 Å². The van der Waals surface area contributed by atoms with Gasteiger partial charge in [-0.25, -0.2) is 37.8 Å². The number of hydrogen-bond acceptors (Lipinski definition) is 9. The van der Waals surface area contributed by atoms with Crippen molar-refractivity contribution in [3.8, 4) is 0 Å². The van der Waals surface area contributed by atoms with E-state index in [2.05, 4.69) is 169 Å². The Kier molecular flexibility index (Phi) is 24.4. The fraction of sp³-hybridized carbons (Fsp3) is 0.200. The van der Waals surface area contributed by atoms with Gasteiger partial charge in [-0.15, -0.1) is 0 Å². The summed E-state index contributed by atoms with van der Waals surface area (Å²) in [6, 6.07) is 40.5. The van der Waals surface area contributed by atoms with Crippen LogP contribution in [0.2, 0.25) is 0 Å². The second kappa shape index (κ2) is 31.1. The van der Waals surface area contributed by atoms with E-state index in [1.54, 1.807) is 30.0 Å². The van der Waals surface area contributed by atoms with Gasteiger partial charge in [-0.2, -0.15) is 0 Å². The summed E-state index contributed by atoms with van der Waals surface area (Å²) >= 11 is 2.08. The van der Waals surface area contributed by atoms with Crippen molar-refractivity contribution in [3.05, 3.63) is 252 Å². The Morgan fingerprint density at radius 2 is 0.831 bits per heavy atom. The molecule has 0 N–H and O–H groups in total. The second-order valence-electron chi connectivity index (χ2n) is 17.8. The number of carbonyl (C=O) groups excluding carboxylic acids is 2. The molecule has 77 heavy (non-hydrogen) atoms. The summed E-state index contributed by atoms with van der Waals surface area (Å²) in [5.41, 5.74) is 10.6. The SMILES string of the molecule is O=C(OCc1ccc(Cn2ccnc2)cc1)OCc1ccc(C[n+]2ccn(Cc3ccccc3Cn3cc[n+](Cc4ccc(COC(=O)OCc5ccc(Cn6ccnc6)cc5)cc4)c3)c2)cc1.PC(P)(P)N=BI.[Br-].[Br-]. The van der Waals surface area contributed by atoms with Gasteiger partial charge in [0.05, 0.1) is 12.7 Å². The van der Waals surface area contributed by atoms with Crippen LogP contribution in [0.5, 0.6) is 0 Å². The van der Waals surface area contributed by atoms with Crippen molar-refractivity contribution in [2.45, 2.75) is 70.5 Å². The molecule has 0 bridgehead atoms. The maximum absolute atomic E-state index is 12.3. The Bertz CT molecular complexity index is 3010. The molecule has 15 nitrogen and oxygen atoms in total. The van der Waals surface area contributed by atoms with Crippen LogP contribution >= 0.6 is 50.1 Å². The van der Waals surface area contributed by atoms with Gasteiger partial charge in [0.25, 0.3) is 0 Å². The number of carbonyl (C=O) groups is 2. The third-order valence-electron chi connectivity index (χ3n) is 11.7. The van der Waals surface area contributed by atoms with Gasteiger partial charge in [0.2, 0.25) is 12.7 Å². The molecule has 9 aromatic rings. The van der Waals surface area contributed by atoms with Crippen LogP contribution in [-0.4, -0.2) is 50.2 Å². The quantitative estimate of drug-likeness (QED) is 0.0350. The van der Waals surface area contributed by atoms with Crippen LogP contribution in [0.4, 0.5) is 9.59 Å². The number of aromatic nitrogens is 8. The van der Waals surface area contributed by atoms with E-state index in [0.29, 0.717) is 13.1 Å². The van der Waals surface area contributed by atoms with E-state index in [1.807, 2.05) is 94.3 Å². The Balaban J connectivity index is 0.000000999. The first-order chi connectivity index (χ1) is 36.5. The molecular formula is C55H58BBr2IN9O6P3. The van der Waals surface area contributed by atoms with Crippen LogP contribution in [0.1, 0.15) is 55.6 Å². The molecule has 4 aromatic heterocycles. The maximum atomic E-state index is 12.3. The van der Waals surface area contributed by atoms with Crippen LogP contribution in [0, 0.1) is 0 Å². The monoisotopic (exact) mass is 1330 g/mol. The van der Waals surface area contributed by atoms with Crippen LogP contribution in [0.15, 0.2) is 201 Å². The maximum Gasteiger partial charge on any atom is -1.00 e. The standard InChI is InChI=1S/C54H52N8O6.CH6BINP3.2BrH/c63-53(65-35-47-13-5-43(6-14-47)29-57-23-21-55-39-57)67-37-49-17-9-45(10-18-49)31-59-25-27-61(41-59)33-51-3-1-2-4-52(51)34-62-28-26-60(42-62)32-46-11-19-50(20-12-46)38-68-54(64)66-36-48-15-7-44(8-16-48)30-58-24-22-56-40-58;3-2-4-1(5,6)7;;/h1-28,39-42H,29-38H2;5-7H2;2*1H/q+2;;;/p-2. The van der Waals surface area contributed by atoms with Crippen LogP contribution in [0.25, 0.3) is 0 Å². The van der Waals surface area contributed by atoms with Crippen LogP contribution in [-0.2, 0) is 84.6 Å². The largest absolute Gasteiger partial charge is 1.00 e. The molecule has 9 rings (SSSR count). The van der Waals surface area contributed by atoms with Gasteiger partial charge >= 0.3 is 77.0 Å². The molecule has 0 amide bonds. The van der Waals surface area contributed by atoms with Crippen LogP contribution in [0.3, 0.4) is 0 Å². The summed E-state index contributed by atoms with van der Waals surface area (Å²) in [5, 5.41) is 0. The molecule has 0 spiro atoms. The number of halogens is 3. The summed E-state index contributed by atoms with van der Waals surface area (Å²) < 4.78 is 34.0. The summed E-state index contributed by atoms with van der Waals surface area (Å²) in [4.78, 5) is 38.5. The average Bonchev–Trinajstić information content (AvgIpc) is 4.28. The summed E-state index contributed by atoms with van der Waals surface area (Å²) in [7, 11) is 7.68. The number of hydrogen-bond donors (Lipinski definition) is 0. The Morgan fingerprint density at radius 3 is 1.13 bits per heavy atom. The predicted octanol–water partition coefficient (Wildman–Crippen LogP) is 3.72. The van der Waals surface area contributed by atoms with Gasteiger partial charge in [-0.05, 0) is 44.5 Å². The van der Waals surface area contributed by atoms with Crippen molar-refractivity contribution in [3.63, 3.8) is 0 Å². The molecule has 398 valence electrons. The molecule has 3 unspecified atom stereocenters. The summed E-state index contributed by atoms with van der Waals surface area (Å²) in [5.74, 6) is 0. The number of nitrogens with zero attached hydrogens (tertiary/aromatic N) is 9. The number of benzene rings is 5. The molecule has 5 aromatic carbocycles. The average molecular weight is 1330 g/mol. The fourth-order valence-electron chi connectivity index (χ4n) is 7.82. The minimum atomic E-state index is -0.700. The summed E-state index contributed by atoms with van der Waals surface area (Å²) in [6.45, 7) is 4.92. The molecule has 0 radical (unpaired) electrons. The molecule has 3 atom stereocenters. The fourth-order valence-corrected chi connectivity index (χ4v) is 9.43. The first kappa shape index (κ1) is 60.6. The number of rotatable bonds is 21. The van der Waals surface area contributed by atoms with E-state index < -0.39 is 12.3 Å². The van der Waals surface area contributed by atoms with Crippen molar-refractivity contribution in [1.82, 2.24) is 28.2 Å². The third-order valence-corrected chi connectivity index (χ3v) is 12.4. The van der Waals surface area contributed by atoms with E-state index in [4.69, 9.17) is 18.9 Å². The van der Waals surface area contributed by atoms with Crippen molar-refractivity contribution < 1.29 is 71.6 Å². The van der Waals surface area contributed by atoms with Crippen LogP contribution < -0.4 is 43.1 Å². The smallest absolute Gasteiger partial charge is 1.00 e. The minimum absolute atomic E-state index is 0. The molecular weight excluding hydrogens is 1270 g/mol. The zero-order valence-electron chi connectivity index (χ0n) is 42.0. The predicted molar refractivity (Wildman–Crippen MR) is 305 cm³/mol. The second-order valence-corrected chi connectivity index (χ2v) is 23.1. The molecule has 4 heterocycles. The van der Waals surface area contributed by atoms with Crippen molar-refractivity contribution >= 4 is 67.3 Å². The van der Waals surface area contributed by atoms with Gasteiger partial charge in [0, 0.05) is 49.0 Å². The van der Waals surface area contributed by atoms with E-state index in [1.165, 1.54) is 11.1 Å². The Hall–Kier alpha value is -5.68. The zero-order chi connectivity index (χ0) is 52.2. The zero-order valence-corrected chi connectivity index (χ0v) is 50.8. The van der Waals surface area contributed by atoms with Gasteiger partial charge < -0.3 is 62.0 Å². The van der Waals surface area contributed by atoms with Crippen molar-refractivity contribution in [2.75, 3.05) is 0 Å². The van der Waals surface area contributed by atoms with E-state index in [9.17, 15) is 9.59 Å². The van der Waals surface area contributed by atoms with Gasteiger partial charge in [-0.3, -0.25) is 0 Å². The van der Waals surface area contributed by atoms with E-state index in [-0.39, 0.29) is 65.2 Å². The molecule has 0 aliphatic heterocycles. The van der Waals surface area contributed by atoms with E-state index in [0.717, 1.165) is 70.7 Å². The minimum Gasteiger partial charge on any atom is -1.00 e. The van der Waals surface area contributed by atoms with E-state index >= 15 is 0 Å². The third kappa shape index (κ3) is 20.9. The van der Waals surface area contributed by atoms with Gasteiger partial charge in [-0.1, -0.05) is 121 Å². The Labute approximate surface area is 490 Å². The first-order valence-electron chi connectivity index (χ1n) is 24.0. The summed E-state index contributed by atoms with van der Waals surface area (Å²) in [6.07, 6.45) is 22.1. The molecule has 22 heteroatoms. The first-order valence-corrected chi connectivity index (χ1v) is 26.9. The number of imidazole rings is 4. The molecule has 0 saturated heterocycles. The number of ether oxygens (including phenoxy) is 4. The van der Waals surface area contributed by atoms with Crippen molar-refractivity contribution in [1.29, 1.82) is 0 Å². The Morgan fingerprint density at radius 1 is 0.494 bits per heavy atom. The topological polar surface area (TPSA) is 137 Å². The molecule has 0 saturated carbocycles. The molecule has 0 aliphatic rings. The van der Waals surface area contributed by atoms with Gasteiger partial charge in [0.1, 0.15) is 77.4 Å². The normalized spacial score (nSPS) is 10.9. The molecule has 0 aliphatic carbocycles. The molecule has 0 fully saturated rings.